The second-order valence-corrected chi connectivity index (χ2v) is 7.25. The van der Waals surface area contributed by atoms with Crippen molar-refractivity contribution in [2.45, 2.75) is 18.2 Å². The molecule has 27 heavy (non-hydrogen) atoms. The Balaban J connectivity index is 1.96. The van der Waals surface area contributed by atoms with Crippen LogP contribution in [0.5, 0.6) is 5.75 Å². The van der Waals surface area contributed by atoms with E-state index in [1.54, 1.807) is 6.07 Å². The van der Waals surface area contributed by atoms with Crippen molar-refractivity contribution in [3.05, 3.63) is 58.6 Å². The zero-order chi connectivity index (χ0) is 19.9. The molecule has 10 heteroatoms. The lowest BCUT2D eigenvalue weighted by Crippen LogP contribution is -2.24. The minimum atomic E-state index is -3.58. The van der Waals surface area contributed by atoms with Gasteiger partial charge in [0.2, 0.25) is 10.0 Å². The van der Waals surface area contributed by atoms with E-state index in [2.05, 4.69) is 10.0 Å². The Labute approximate surface area is 156 Å². The van der Waals surface area contributed by atoms with Gasteiger partial charge in [0.25, 0.3) is 5.91 Å². The van der Waals surface area contributed by atoms with E-state index < -0.39 is 27.5 Å². The summed E-state index contributed by atoms with van der Waals surface area (Å²) in [5.41, 5.74) is 0.139. The molecule has 1 amide bonds. The van der Waals surface area contributed by atoms with Gasteiger partial charge in [0.15, 0.2) is 12.4 Å². The van der Waals surface area contributed by atoms with Crippen molar-refractivity contribution in [3.8, 4) is 5.75 Å². The van der Waals surface area contributed by atoms with Crippen LogP contribution in [0.4, 0.5) is 11.4 Å². The summed E-state index contributed by atoms with van der Waals surface area (Å²) < 4.78 is 31.6. The van der Waals surface area contributed by atoms with Gasteiger partial charge in [0.05, 0.1) is 9.82 Å². The van der Waals surface area contributed by atoms with Crippen molar-refractivity contribution >= 4 is 27.3 Å². The number of amides is 1. The average Bonchev–Trinajstić information content (AvgIpc) is 2.65. The zero-order valence-electron chi connectivity index (χ0n) is 14.5. The predicted molar refractivity (Wildman–Crippen MR) is 99.1 cm³/mol. The van der Waals surface area contributed by atoms with Gasteiger partial charge in [-0.25, -0.2) is 13.1 Å². The van der Waals surface area contributed by atoms with E-state index in [4.69, 9.17) is 4.74 Å². The average molecular weight is 393 g/mol. The molecule has 2 rings (SSSR count). The minimum absolute atomic E-state index is 0.0129. The van der Waals surface area contributed by atoms with E-state index >= 15 is 0 Å². The van der Waals surface area contributed by atoms with Crippen molar-refractivity contribution in [2.75, 3.05) is 18.5 Å². The number of nitro benzene ring substituents is 1. The third kappa shape index (κ3) is 5.76. The number of nitrogens with zero attached hydrogens (tertiary/aromatic N) is 1. The highest BCUT2D eigenvalue weighted by molar-refractivity contribution is 7.89. The van der Waals surface area contributed by atoms with Crippen LogP contribution in [0.3, 0.4) is 0 Å². The van der Waals surface area contributed by atoms with Gasteiger partial charge in [-0.05, 0) is 36.8 Å². The number of anilines is 1. The molecule has 0 unspecified atom stereocenters. The second kappa shape index (κ2) is 9.10. The molecule has 0 fully saturated rings. The number of carbonyl (C=O) groups is 1. The maximum absolute atomic E-state index is 12.0. The van der Waals surface area contributed by atoms with Gasteiger partial charge in [0, 0.05) is 18.3 Å². The Morgan fingerprint density at radius 3 is 2.44 bits per heavy atom. The maximum atomic E-state index is 12.0. The Hall–Kier alpha value is -2.98. The summed E-state index contributed by atoms with van der Waals surface area (Å²) in [7, 11) is -3.58. The molecule has 0 radical (unpaired) electrons. The van der Waals surface area contributed by atoms with E-state index in [-0.39, 0.29) is 16.3 Å². The molecule has 0 atom stereocenters. The molecular weight excluding hydrogens is 374 g/mol. The van der Waals surface area contributed by atoms with E-state index in [1.165, 1.54) is 42.5 Å². The maximum Gasteiger partial charge on any atom is 0.310 e. The molecule has 2 aromatic rings. The molecule has 2 N–H and O–H groups in total. The molecule has 0 aliphatic heterocycles. The fourth-order valence-corrected chi connectivity index (χ4v) is 3.24. The molecule has 0 heterocycles. The van der Waals surface area contributed by atoms with Crippen LogP contribution in [-0.4, -0.2) is 32.4 Å². The van der Waals surface area contributed by atoms with E-state index in [0.29, 0.717) is 18.7 Å². The van der Waals surface area contributed by atoms with Crippen LogP contribution in [0, 0.1) is 10.1 Å². The van der Waals surface area contributed by atoms with Gasteiger partial charge >= 0.3 is 5.69 Å². The molecular formula is C17H19N3O6S. The van der Waals surface area contributed by atoms with Crippen LogP contribution in [0.15, 0.2) is 53.4 Å². The van der Waals surface area contributed by atoms with Gasteiger partial charge in [-0.15, -0.1) is 0 Å². The molecule has 2 aromatic carbocycles. The van der Waals surface area contributed by atoms with E-state index in [0.717, 1.165) is 0 Å². The van der Waals surface area contributed by atoms with Gasteiger partial charge in [-0.3, -0.25) is 14.9 Å². The molecule has 0 spiro atoms. The van der Waals surface area contributed by atoms with Crippen LogP contribution in [0.2, 0.25) is 0 Å². The molecule has 9 nitrogen and oxygen atoms in total. The monoisotopic (exact) mass is 393 g/mol. The summed E-state index contributed by atoms with van der Waals surface area (Å²) in [6, 6.07) is 11.4. The smallest absolute Gasteiger partial charge is 0.310 e. The predicted octanol–water partition coefficient (Wildman–Crippen LogP) is 2.30. The zero-order valence-corrected chi connectivity index (χ0v) is 15.4. The first-order chi connectivity index (χ1) is 12.8. The topological polar surface area (TPSA) is 128 Å². The Morgan fingerprint density at radius 2 is 1.81 bits per heavy atom. The number of rotatable bonds is 9. The number of nitrogens with one attached hydrogen (secondary N) is 2. The summed E-state index contributed by atoms with van der Waals surface area (Å²) in [6.07, 6.45) is 0.674. The first kappa shape index (κ1) is 20.3. The standard InChI is InChI=1S/C17H19N3O6S/c1-2-11-18-27(24,25)14-9-7-13(8-10-14)19-17(21)12-26-16-6-4-3-5-15(16)20(22)23/h3-10,18H,2,11-12H2,1H3,(H,19,21). The highest BCUT2D eigenvalue weighted by Gasteiger charge is 2.16. The molecule has 144 valence electrons. The molecule has 0 aliphatic carbocycles. The Kier molecular flexibility index (Phi) is 6.85. The first-order valence-corrected chi connectivity index (χ1v) is 9.57. The van der Waals surface area contributed by atoms with Crippen LogP contribution in [0.1, 0.15) is 13.3 Å². The first-order valence-electron chi connectivity index (χ1n) is 8.09. The lowest BCUT2D eigenvalue weighted by atomic mass is 10.3. The Morgan fingerprint density at radius 1 is 1.15 bits per heavy atom. The third-order valence-electron chi connectivity index (χ3n) is 3.41. The summed E-state index contributed by atoms with van der Waals surface area (Å²) >= 11 is 0. The summed E-state index contributed by atoms with van der Waals surface area (Å²) in [6.45, 7) is 1.76. The molecule has 0 saturated heterocycles. The normalized spacial score (nSPS) is 11.0. The van der Waals surface area contributed by atoms with Crippen LogP contribution >= 0.6 is 0 Å². The van der Waals surface area contributed by atoms with Crippen molar-refractivity contribution in [1.29, 1.82) is 0 Å². The van der Waals surface area contributed by atoms with Crippen molar-refractivity contribution in [2.24, 2.45) is 0 Å². The van der Waals surface area contributed by atoms with E-state index in [1.807, 2.05) is 6.92 Å². The van der Waals surface area contributed by atoms with Crippen molar-refractivity contribution in [1.82, 2.24) is 4.72 Å². The number of sulfonamides is 1. The SMILES string of the molecule is CCCNS(=O)(=O)c1ccc(NC(=O)COc2ccccc2[N+](=O)[O-])cc1. The van der Waals surface area contributed by atoms with Gasteiger partial charge in [-0.2, -0.15) is 0 Å². The number of ether oxygens (including phenoxy) is 1. The number of carbonyl (C=O) groups excluding carboxylic acids is 1. The summed E-state index contributed by atoms with van der Waals surface area (Å²) in [5.74, 6) is -0.547. The molecule has 0 aliphatic rings. The lowest BCUT2D eigenvalue weighted by Gasteiger charge is -2.09. The fraction of sp³-hybridized carbons (Fsp3) is 0.235. The van der Waals surface area contributed by atoms with Crippen molar-refractivity contribution in [3.63, 3.8) is 0 Å². The van der Waals surface area contributed by atoms with Crippen LogP contribution in [0.25, 0.3) is 0 Å². The summed E-state index contributed by atoms with van der Waals surface area (Å²) in [5, 5.41) is 13.4. The number of hydrogen-bond donors (Lipinski definition) is 2. The van der Waals surface area contributed by atoms with Gasteiger partial charge < -0.3 is 10.1 Å². The van der Waals surface area contributed by atoms with Gasteiger partial charge in [-0.1, -0.05) is 19.1 Å². The minimum Gasteiger partial charge on any atom is -0.477 e. The summed E-state index contributed by atoms with van der Waals surface area (Å²) in [4.78, 5) is 22.4. The van der Waals surface area contributed by atoms with Gasteiger partial charge in [0.1, 0.15) is 0 Å². The number of benzene rings is 2. The molecule has 0 saturated carbocycles. The third-order valence-corrected chi connectivity index (χ3v) is 4.89. The second-order valence-electron chi connectivity index (χ2n) is 5.48. The molecule has 0 bridgehead atoms. The lowest BCUT2D eigenvalue weighted by molar-refractivity contribution is -0.385. The largest absolute Gasteiger partial charge is 0.477 e. The highest BCUT2D eigenvalue weighted by Crippen LogP contribution is 2.25. The highest BCUT2D eigenvalue weighted by atomic mass is 32.2. The number of hydrogen-bond acceptors (Lipinski definition) is 6. The number of nitro groups is 1. The molecule has 0 aromatic heterocycles. The Bertz CT molecular complexity index is 913. The number of para-hydroxylation sites is 2. The fourth-order valence-electron chi connectivity index (χ4n) is 2.11. The van der Waals surface area contributed by atoms with Crippen LogP contribution in [-0.2, 0) is 14.8 Å². The quantitative estimate of drug-likeness (QED) is 0.497. The van der Waals surface area contributed by atoms with E-state index in [9.17, 15) is 23.3 Å². The van der Waals surface area contributed by atoms with Crippen LogP contribution < -0.4 is 14.8 Å². The van der Waals surface area contributed by atoms with Crippen molar-refractivity contribution < 1.29 is 22.9 Å².